The largest absolute Gasteiger partial charge is 0.352 e. The summed E-state index contributed by atoms with van der Waals surface area (Å²) in [6.07, 6.45) is 9.11. The number of piperidine rings is 1. The van der Waals surface area contributed by atoms with Crippen molar-refractivity contribution in [2.75, 3.05) is 19.6 Å². The van der Waals surface area contributed by atoms with Crippen LogP contribution in [0.2, 0.25) is 0 Å². The zero-order valence-electron chi connectivity index (χ0n) is 14.7. The lowest BCUT2D eigenvalue weighted by Gasteiger charge is -2.25. The van der Waals surface area contributed by atoms with Gasteiger partial charge in [0.05, 0.1) is 4.90 Å². The van der Waals surface area contributed by atoms with Gasteiger partial charge >= 0.3 is 0 Å². The second kappa shape index (κ2) is 8.32. The van der Waals surface area contributed by atoms with Crippen molar-refractivity contribution in [2.24, 2.45) is 5.92 Å². The Kier molecular flexibility index (Phi) is 6.12. The summed E-state index contributed by atoms with van der Waals surface area (Å²) >= 11 is 0. The molecular weight excluding hydrogens is 336 g/mol. The van der Waals surface area contributed by atoms with E-state index in [0.717, 1.165) is 19.3 Å². The van der Waals surface area contributed by atoms with E-state index in [0.29, 0.717) is 31.1 Å². The maximum Gasteiger partial charge on any atom is 0.251 e. The first kappa shape index (κ1) is 18.4. The monoisotopic (exact) mass is 364 g/mol. The highest BCUT2D eigenvalue weighted by Crippen LogP contribution is 2.23. The number of sulfonamides is 1. The van der Waals surface area contributed by atoms with Gasteiger partial charge in [-0.2, -0.15) is 4.31 Å². The Bertz CT molecular complexity index is 673. The summed E-state index contributed by atoms with van der Waals surface area (Å²) in [7, 11) is -3.43. The molecule has 5 nitrogen and oxygen atoms in total. The van der Waals surface area contributed by atoms with E-state index >= 15 is 0 Å². The van der Waals surface area contributed by atoms with Crippen molar-refractivity contribution in [1.29, 1.82) is 0 Å². The number of nitrogens with one attached hydrogen (secondary N) is 1. The van der Waals surface area contributed by atoms with E-state index in [1.54, 1.807) is 28.6 Å². The van der Waals surface area contributed by atoms with Crippen LogP contribution in [0.3, 0.4) is 0 Å². The van der Waals surface area contributed by atoms with Gasteiger partial charge in [-0.3, -0.25) is 4.79 Å². The van der Waals surface area contributed by atoms with Crippen LogP contribution in [0.5, 0.6) is 0 Å². The Morgan fingerprint density at radius 1 is 0.960 bits per heavy atom. The lowest BCUT2D eigenvalue weighted by Crippen LogP contribution is -2.35. The molecule has 0 aromatic heterocycles. The van der Waals surface area contributed by atoms with Crippen LogP contribution >= 0.6 is 0 Å². The fourth-order valence-electron chi connectivity index (χ4n) is 3.76. The highest BCUT2D eigenvalue weighted by atomic mass is 32.2. The van der Waals surface area contributed by atoms with E-state index in [1.165, 1.54) is 32.1 Å². The molecule has 0 unspecified atom stereocenters. The van der Waals surface area contributed by atoms with Gasteiger partial charge in [0.25, 0.3) is 5.91 Å². The predicted octanol–water partition coefficient (Wildman–Crippen LogP) is 3.17. The number of nitrogens with zero attached hydrogens (tertiary/aromatic N) is 1. The van der Waals surface area contributed by atoms with Crippen molar-refractivity contribution in [3.05, 3.63) is 29.8 Å². The molecule has 0 atom stereocenters. The Hall–Kier alpha value is -1.40. The Morgan fingerprint density at radius 3 is 2.20 bits per heavy atom. The maximum absolute atomic E-state index is 12.6. The van der Waals surface area contributed by atoms with Crippen LogP contribution in [-0.4, -0.2) is 38.3 Å². The molecule has 1 N–H and O–H groups in total. The van der Waals surface area contributed by atoms with Gasteiger partial charge in [0.15, 0.2) is 0 Å². The minimum atomic E-state index is -3.43. The van der Waals surface area contributed by atoms with Crippen LogP contribution in [0.4, 0.5) is 0 Å². The molecule has 3 rings (SSSR count). The Labute approximate surface area is 150 Å². The lowest BCUT2D eigenvalue weighted by molar-refractivity contribution is 0.0943. The van der Waals surface area contributed by atoms with Gasteiger partial charge in [-0.25, -0.2) is 8.42 Å². The summed E-state index contributed by atoms with van der Waals surface area (Å²) in [5.41, 5.74) is 0.522. The second-order valence-electron chi connectivity index (χ2n) is 7.20. The number of benzene rings is 1. The van der Waals surface area contributed by atoms with Crippen molar-refractivity contribution in [3.63, 3.8) is 0 Å². The summed E-state index contributed by atoms with van der Waals surface area (Å²) in [6, 6.07) is 6.35. The van der Waals surface area contributed by atoms with Gasteiger partial charge in [-0.1, -0.05) is 25.7 Å². The van der Waals surface area contributed by atoms with E-state index in [2.05, 4.69) is 5.32 Å². The molecule has 1 saturated heterocycles. The molecule has 2 fully saturated rings. The van der Waals surface area contributed by atoms with Crippen LogP contribution in [0.1, 0.15) is 61.7 Å². The summed E-state index contributed by atoms with van der Waals surface area (Å²) in [4.78, 5) is 12.6. The van der Waals surface area contributed by atoms with Gasteiger partial charge in [0.1, 0.15) is 0 Å². The molecule has 1 aromatic carbocycles. The van der Waals surface area contributed by atoms with Crippen molar-refractivity contribution in [1.82, 2.24) is 9.62 Å². The first-order valence-electron chi connectivity index (χ1n) is 9.46. The first-order valence-corrected chi connectivity index (χ1v) is 10.9. The topological polar surface area (TPSA) is 66.5 Å². The minimum absolute atomic E-state index is 0.118. The molecule has 0 radical (unpaired) electrons. The third-order valence-corrected chi connectivity index (χ3v) is 7.26. The molecule has 0 spiro atoms. The van der Waals surface area contributed by atoms with Gasteiger partial charge in [-0.05, 0) is 55.9 Å². The summed E-state index contributed by atoms with van der Waals surface area (Å²) in [5, 5.41) is 2.99. The van der Waals surface area contributed by atoms with Crippen LogP contribution < -0.4 is 5.32 Å². The second-order valence-corrected chi connectivity index (χ2v) is 9.14. The third-order valence-electron chi connectivity index (χ3n) is 5.35. The van der Waals surface area contributed by atoms with Crippen molar-refractivity contribution in [2.45, 2.75) is 56.3 Å². The molecule has 25 heavy (non-hydrogen) atoms. The molecule has 2 aliphatic rings. The van der Waals surface area contributed by atoms with E-state index in [9.17, 15) is 13.2 Å². The Morgan fingerprint density at radius 2 is 1.56 bits per heavy atom. The van der Waals surface area contributed by atoms with Crippen molar-refractivity contribution >= 4 is 15.9 Å². The van der Waals surface area contributed by atoms with E-state index in [4.69, 9.17) is 0 Å². The van der Waals surface area contributed by atoms with E-state index in [-0.39, 0.29) is 10.8 Å². The maximum atomic E-state index is 12.6. The highest BCUT2D eigenvalue weighted by Gasteiger charge is 2.26. The number of carbonyl (C=O) groups excluding carboxylic acids is 1. The molecule has 0 bridgehead atoms. The standard InChI is InChI=1S/C19H28N2O3S/c22-19(20-15-16-7-3-1-4-8-16)17-9-11-18(12-10-17)25(23,24)21-13-5-2-6-14-21/h9-12,16H,1-8,13-15H2,(H,20,22). The zero-order chi connectivity index (χ0) is 17.7. The zero-order valence-corrected chi connectivity index (χ0v) is 15.6. The molecule has 1 heterocycles. The molecule has 138 valence electrons. The molecule has 1 aromatic rings. The SMILES string of the molecule is O=C(NCC1CCCCC1)c1ccc(S(=O)(=O)N2CCCCC2)cc1. The highest BCUT2D eigenvalue weighted by molar-refractivity contribution is 7.89. The normalized spacial score (nSPS) is 20.3. The lowest BCUT2D eigenvalue weighted by atomic mass is 9.89. The van der Waals surface area contributed by atoms with Gasteiger partial charge in [-0.15, -0.1) is 0 Å². The average molecular weight is 365 g/mol. The van der Waals surface area contributed by atoms with Crippen LogP contribution in [0.25, 0.3) is 0 Å². The summed E-state index contributed by atoms with van der Waals surface area (Å²) < 4.78 is 26.8. The molecule has 1 amide bonds. The average Bonchev–Trinajstić information content (AvgIpc) is 2.68. The van der Waals surface area contributed by atoms with Crippen molar-refractivity contribution in [3.8, 4) is 0 Å². The number of amides is 1. The number of carbonyl (C=O) groups is 1. The van der Waals surface area contributed by atoms with Crippen LogP contribution in [0.15, 0.2) is 29.2 Å². The van der Waals surface area contributed by atoms with Crippen LogP contribution in [0, 0.1) is 5.92 Å². The van der Waals surface area contributed by atoms with Gasteiger partial charge in [0, 0.05) is 25.2 Å². The quantitative estimate of drug-likeness (QED) is 0.873. The molecule has 1 saturated carbocycles. The first-order chi connectivity index (χ1) is 12.1. The molecule has 1 aliphatic heterocycles. The molecule has 1 aliphatic carbocycles. The Balaban J connectivity index is 1.60. The van der Waals surface area contributed by atoms with Gasteiger partial charge in [0.2, 0.25) is 10.0 Å². The van der Waals surface area contributed by atoms with Crippen LogP contribution in [-0.2, 0) is 10.0 Å². The van der Waals surface area contributed by atoms with Crippen molar-refractivity contribution < 1.29 is 13.2 Å². The fraction of sp³-hybridized carbons (Fsp3) is 0.632. The van der Waals surface area contributed by atoms with Gasteiger partial charge < -0.3 is 5.32 Å². The van der Waals surface area contributed by atoms with E-state index < -0.39 is 10.0 Å². The smallest absolute Gasteiger partial charge is 0.251 e. The fourth-order valence-corrected chi connectivity index (χ4v) is 5.28. The molecule has 6 heteroatoms. The number of rotatable bonds is 5. The van der Waals surface area contributed by atoms with E-state index in [1.807, 2.05) is 0 Å². The minimum Gasteiger partial charge on any atom is -0.352 e. The number of hydrogen-bond acceptors (Lipinski definition) is 3. The summed E-state index contributed by atoms with van der Waals surface area (Å²) in [5.74, 6) is 0.462. The summed E-state index contributed by atoms with van der Waals surface area (Å²) in [6.45, 7) is 1.89. The molecular formula is C19H28N2O3S. The predicted molar refractivity (Wildman–Crippen MR) is 98.0 cm³/mol. The number of hydrogen-bond donors (Lipinski definition) is 1. The third kappa shape index (κ3) is 4.61.